The van der Waals surface area contributed by atoms with E-state index in [0.717, 1.165) is 0 Å². The fraction of sp³-hybridized carbons (Fsp3) is 0.500. The minimum absolute atomic E-state index is 0.0113. The average molecular weight is 315 g/mol. The molecule has 0 saturated carbocycles. The highest BCUT2D eigenvalue weighted by Crippen LogP contribution is 2.50. The first-order chi connectivity index (χ1) is 8.74. The molecule has 4 unspecified atom stereocenters. The number of phenols is 1. The average Bonchev–Trinajstić information content (AvgIpc) is 3.23. The molecule has 0 radical (unpaired) electrons. The van der Waals surface area contributed by atoms with Gasteiger partial charge in [-0.1, -0.05) is 0 Å². The third kappa shape index (κ3) is 1.72. The zero-order valence-electron chi connectivity index (χ0n) is 9.34. The second-order valence-electron chi connectivity index (χ2n) is 4.60. The molecule has 96 valence electrons. The van der Waals surface area contributed by atoms with Crippen molar-refractivity contribution in [3.05, 3.63) is 22.2 Å². The molecule has 0 aliphatic carbocycles. The highest BCUT2D eigenvalue weighted by atomic mass is 79.9. The summed E-state index contributed by atoms with van der Waals surface area (Å²) in [5.41, 5.74) is 0.675. The van der Waals surface area contributed by atoms with E-state index in [1.54, 1.807) is 6.07 Å². The van der Waals surface area contributed by atoms with Crippen molar-refractivity contribution in [3.8, 4) is 11.5 Å². The number of epoxide rings is 2. The molecule has 3 heterocycles. The Bertz CT molecular complexity index is 505. The van der Waals surface area contributed by atoms with Crippen LogP contribution in [0.1, 0.15) is 11.7 Å². The highest BCUT2D eigenvalue weighted by Gasteiger charge is 2.49. The molecule has 5 nitrogen and oxygen atoms in total. The molecular weight excluding hydrogens is 304 g/mol. The molecule has 2 saturated heterocycles. The number of hydrogen-bond acceptors (Lipinski definition) is 5. The lowest BCUT2D eigenvalue weighted by atomic mass is 10.1. The van der Waals surface area contributed by atoms with Crippen molar-refractivity contribution in [1.82, 2.24) is 0 Å². The number of benzene rings is 1. The molecule has 0 bridgehead atoms. The van der Waals surface area contributed by atoms with E-state index in [1.807, 2.05) is 6.07 Å². The monoisotopic (exact) mass is 314 g/mol. The number of hydrogen-bond donors (Lipinski definition) is 1. The predicted octanol–water partition coefficient (Wildman–Crippen LogP) is 1.73. The maximum atomic E-state index is 10.1. The number of halogens is 1. The van der Waals surface area contributed by atoms with E-state index in [4.69, 9.17) is 18.9 Å². The van der Waals surface area contributed by atoms with Gasteiger partial charge in [0.25, 0.3) is 0 Å². The van der Waals surface area contributed by atoms with Gasteiger partial charge in [0.05, 0.1) is 23.2 Å². The summed E-state index contributed by atoms with van der Waals surface area (Å²) >= 11 is 3.30. The number of phenolic OH excluding ortho intramolecular Hbond substituents is 1. The summed E-state index contributed by atoms with van der Waals surface area (Å²) in [4.78, 5) is 0. The van der Waals surface area contributed by atoms with Crippen LogP contribution in [0.25, 0.3) is 0 Å². The van der Waals surface area contributed by atoms with Gasteiger partial charge in [-0.25, -0.2) is 0 Å². The van der Waals surface area contributed by atoms with Crippen molar-refractivity contribution >= 4 is 15.9 Å². The van der Waals surface area contributed by atoms with E-state index >= 15 is 0 Å². The van der Waals surface area contributed by atoms with Gasteiger partial charge in [0.15, 0.2) is 0 Å². The number of ether oxygens (including phenoxy) is 4. The minimum atomic E-state index is -0.278. The van der Waals surface area contributed by atoms with Crippen LogP contribution in [0.4, 0.5) is 0 Å². The topological polar surface area (TPSA) is 63.8 Å². The lowest BCUT2D eigenvalue weighted by Gasteiger charge is -2.12. The molecule has 1 aromatic carbocycles. The van der Waals surface area contributed by atoms with E-state index < -0.39 is 0 Å². The van der Waals surface area contributed by atoms with E-state index in [2.05, 4.69) is 15.9 Å². The molecule has 1 N–H and O–H groups in total. The minimum Gasteiger partial charge on any atom is -0.506 e. The summed E-state index contributed by atoms with van der Waals surface area (Å²) in [6, 6.07) is 3.57. The predicted molar refractivity (Wildman–Crippen MR) is 63.5 cm³/mol. The molecule has 4 atom stereocenters. The van der Waals surface area contributed by atoms with Crippen LogP contribution >= 0.6 is 15.9 Å². The standard InChI is InChI=1S/C12H11BrO5/c13-5-1-2-6-9(10(5)14)11-7(16-11)3-15-4-8-12(17-6)18-8/h1-2,7-8,11-12,14H,3-4H2. The molecule has 2 fully saturated rings. The third-order valence-corrected chi connectivity index (χ3v) is 3.98. The molecule has 0 amide bonds. The van der Waals surface area contributed by atoms with Gasteiger partial charge in [-0.3, -0.25) is 0 Å². The van der Waals surface area contributed by atoms with Gasteiger partial charge < -0.3 is 24.1 Å². The lowest BCUT2D eigenvalue weighted by Crippen LogP contribution is -2.14. The van der Waals surface area contributed by atoms with Crippen molar-refractivity contribution in [2.45, 2.75) is 24.6 Å². The molecule has 18 heavy (non-hydrogen) atoms. The maximum Gasteiger partial charge on any atom is 0.229 e. The zero-order chi connectivity index (χ0) is 12.3. The summed E-state index contributed by atoms with van der Waals surface area (Å²) in [5.74, 6) is 0.787. The molecular formula is C12H11BrO5. The van der Waals surface area contributed by atoms with Gasteiger partial charge in [0, 0.05) is 0 Å². The quantitative estimate of drug-likeness (QED) is 0.739. The van der Waals surface area contributed by atoms with Crippen molar-refractivity contribution < 1.29 is 24.1 Å². The normalized spacial score (nSPS) is 36.7. The second-order valence-corrected chi connectivity index (χ2v) is 5.46. The molecule has 3 aliphatic rings. The van der Waals surface area contributed by atoms with Gasteiger partial charge >= 0.3 is 0 Å². The maximum absolute atomic E-state index is 10.1. The van der Waals surface area contributed by atoms with Crippen LogP contribution in [0.5, 0.6) is 11.5 Å². The summed E-state index contributed by atoms with van der Waals surface area (Å²) in [6.45, 7) is 1.04. The van der Waals surface area contributed by atoms with Gasteiger partial charge in [-0.05, 0) is 28.1 Å². The number of rotatable bonds is 0. The summed E-state index contributed by atoms with van der Waals surface area (Å²) in [7, 11) is 0. The first-order valence-electron chi connectivity index (χ1n) is 5.81. The summed E-state index contributed by atoms with van der Waals surface area (Å²) in [5, 5.41) is 10.1. The Kier molecular flexibility index (Phi) is 2.35. The number of fused-ring (bicyclic) bond motifs is 4. The second kappa shape index (κ2) is 3.84. The Balaban J connectivity index is 1.75. The highest BCUT2D eigenvalue weighted by molar-refractivity contribution is 9.10. The van der Waals surface area contributed by atoms with Crippen molar-refractivity contribution in [3.63, 3.8) is 0 Å². The van der Waals surface area contributed by atoms with Crippen LogP contribution in [-0.4, -0.2) is 36.8 Å². The van der Waals surface area contributed by atoms with Crippen molar-refractivity contribution in [1.29, 1.82) is 0 Å². The van der Waals surface area contributed by atoms with Gasteiger partial charge in [0.2, 0.25) is 6.29 Å². The van der Waals surface area contributed by atoms with Gasteiger partial charge in [0.1, 0.15) is 29.8 Å². The Morgan fingerprint density at radius 3 is 2.89 bits per heavy atom. The molecule has 0 spiro atoms. The van der Waals surface area contributed by atoms with Crippen LogP contribution in [0, 0.1) is 0 Å². The lowest BCUT2D eigenvalue weighted by molar-refractivity contribution is 0.101. The SMILES string of the molecule is Oc1c(Br)ccc2c1C1OC1COCC1OC1O2. The Morgan fingerprint density at radius 1 is 1.17 bits per heavy atom. The third-order valence-electron chi connectivity index (χ3n) is 3.34. The molecule has 1 aromatic rings. The van der Waals surface area contributed by atoms with Gasteiger partial charge in [-0.15, -0.1) is 0 Å². The van der Waals surface area contributed by atoms with Crippen LogP contribution in [0.15, 0.2) is 16.6 Å². The first kappa shape index (κ1) is 11.0. The largest absolute Gasteiger partial charge is 0.506 e. The molecule has 0 aromatic heterocycles. The van der Waals surface area contributed by atoms with Crippen LogP contribution in [-0.2, 0) is 14.2 Å². The van der Waals surface area contributed by atoms with Crippen molar-refractivity contribution in [2.24, 2.45) is 0 Å². The van der Waals surface area contributed by atoms with E-state index in [9.17, 15) is 5.11 Å². The Hall–Kier alpha value is -0.820. The van der Waals surface area contributed by atoms with Crippen LogP contribution < -0.4 is 4.74 Å². The van der Waals surface area contributed by atoms with Crippen molar-refractivity contribution in [2.75, 3.05) is 13.2 Å². The zero-order valence-corrected chi connectivity index (χ0v) is 10.9. The van der Waals surface area contributed by atoms with E-state index in [-0.39, 0.29) is 30.4 Å². The smallest absolute Gasteiger partial charge is 0.229 e. The fourth-order valence-electron chi connectivity index (χ4n) is 2.24. The molecule has 3 aliphatic heterocycles. The fourth-order valence-corrected chi connectivity index (χ4v) is 2.58. The summed E-state index contributed by atoms with van der Waals surface area (Å²) in [6.07, 6.45) is -0.464. The molecule has 6 heteroatoms. The first-order valence-corrected chi connectivity index (χ1v) is 6.60. The Morgan fingerprint density at radius 2 is 2.00 bits per heavy atom. The number of aromatic hydroxyl groups is 1. The summed E-state index contributed by atoms with van der Waals surface area (Å²) < 4.78 is 22.7. The van der Waals surface area contributed by atoms with Crippen LogP contribution in [0.3, 0.4) is 0 Å². The van der Waals surface area contributed by atoms with E-state index in [0.29, 0.717) is 29.0 Å². The van der Waals surface area contributed by atoms with Gasteiger partial charge in [-0.2, -0.15) is 0 Å². The molecule has 4 rings (SSSR count). The van der Waals surface area contributed by atoms with E-state index in [1.165, 1.54) is 0 Å². The van der Waals surface area contributed by atoms with Crippen LogP contribution in [0.2, 0.25) is 0 Å². The Labute approximate surface area is 112 Å².